The predicted octanol–water partition coefficient (Wildman–Crippen LogP) is -0.533. The molecule has 1 aliphatic rings. The molecule has 0 radical (unpaired) electrons. The van der Waals surface area contributed by atoms with Gasteiger partial charge in [-0.3, -0.25) is 19.5 Å². The minimum Gasteiger partial charge on any atom is -0.331 e. The van der Waals surface area contributed by atoms with E-state index >= 15 is 0 Å². The number of likely N-dealkylation sites (N-methyl/N-ethyl adjacent to an activating group) is 1. The van der Waals surface area contributed by atoms with Gasteiger partial charge in [0.25, 0.3) is 5.91 Å². The molecule has 2 N–H and O–H groups in total. The Balaban J connectivity index is 2.20. The Kier molecular flexibility index (Phi) is 4.05. The number of nitrogens with one attached hydrogen (secondary N) is 1. The third-order valence-electron chi connectivity index (χ3n) is 3.37. The first-order valence-corrected chi connectivity index (χ1v) is 6.40. The number of rotatable bonds is 3. The lowest BCUT2D eigenvalue weighted by Gasteiger charge is -2.34. The summed E-state index contributed by atoms with van der Waals surface area (Å²) in [6, 6.07) is 1.45. The summed E-state index contributed by atoms with van der Waals surface area (Å²) < 4.78 is 1.70. The molecule has 1 aliphatic heterocycles. The Labute approximate surface area is 116 Å². The van der Waals surface area contributed by atoms with Gasteiger partial charge in [0.15, 0.2) is 5.69 Å². The lowest BCUT2D eigenvalue weighted by atomic mass is 10.1. The summed E-state index contributed by atoms with van der Waals surface area (Å²) in [7, 11) is 3.70. The van der Waals surface area contributed by atoms with Crippen molar-refractivity contribution in [2.24, 2.45) is 0 Å². The van der Waals surface area contributed by atoms with Crippen LogP contribution in [0.15, 0.2) is 6.07 Å². The molecule has 0 aliphatic carbocycles. The van der Waals surface area contributed by atoms with Crippen molar-refractivity contribution in [3.8, 4) is 0 Å². The van der Waals surface area contributed by atoms with Crippen LogP contribution in [0.3, 0.4) is 0 Å². The molecule has 1 aromatic heterocycles. The van der Waals surface area contributed by atoms with Gasteiger partial charge in [-0.25, -0.2) is 5.48 Å². The molecule has 20 heavy (non-hydrogen) atoms. The SMILES string of the molecule is CC1c2cc(C(=O)NO)nn2CCN1C(=O)CN(C)C. The lowest BCUT2D eigenvalue weighted by molar-refractivity contribution is -0.135. The lowest BCUT2D eigenvalue weighted by Crippen LogP contribution is -2.44. The fourth-order valence-corrected chi connectivity index (χ4v) is 2.37. The van der Waals surface area contributed by atoms with E-state index in [2.05, 4.69) is 5.10 Å². The maximum atomic E-state index is 12.2. The second-order valence-corrected chi connectivity index (χ2v) is 5.12. The van der Waals surface area contributed by atoms with E-state index in [0.29, 0.717) is 19.6 Å². The molecule has 8 nitrogen and oxygen atoms in total. The maximum absolute atomic E-state index is 12.2. The van der Waals surface area contributed by atoms with Gasteiger partial charge in [-0.1, -0.05) is 0 Å². The van der Waals surface area contributed by atoms with Gasteiger partial charge in [-0.05, 0) is 27.1 Å². The van der Waals surface area contributed by atoms with Crippen LogP contribution in [-0.2, 0) is 11.3 Å². The van der Waals surface area contributed by atoms with Crippen LogP contribution < -0.4 is 5.48 Å². The number of fused-ring (bicyclic) bond motifs is 1. The minimum absolute atomic E-state index is 0.0445. The van der Waals surface area contributed by atoms with E-state index in [1.54, 1.807) is 21.1 Å². The van der Waals surface area contributed by atoms with Crippen molar-refractivity contribution in [1.29, 1.82) is 0 Å². The fourth-order valence-electron chi connectivity index (χ4n) is 2.37. The molecular formula is C12H19N5O3. The van der Waals surface area contributed by atoms with Crippen LogP contribution in [0.25, 0.3) is 0 Å². The maximum Gasteiger partial charge on any atom is 0.295 e. The summed E-state index contributed by atoms with van der Waals surface area (Å²) in [5.41, 5.74) is 2.51. The predicted molar refractivity (Wildman–Crippen MR) is 70.2 cm³/mol. The van der Waals surface area contributed by atoms with Gasteiger partial charge >= 0.3 is 0 Å². The number of nitrogens with zero attached hydrogens (tertiary/aromatic N) is 4. The van der Waals surface area contributed by atoms with E-state index in [4.69, 9.17) is 5.21 Å². The van der Waals surface area contributed by atoms with Crippen molar-refractivity contribution < 1.29 is 14.8 Å². The molecule has 1 unspecified atom stereocenters. The number of hydrogen-bond donors (Lipinski definition) is 2. The Morgan fingerprint density at radius 1 is 1.50 bits per heavy atom. The number of aromatic nitrogens is 2. The van der Waals surface area contributed by atoms with Crippen molar-refractivity contribution in [2.45, 2.75) is 19.5 Å². The normalized spacial score (nSPS) is 18.1. The Hall–Kier alpha value is -1.93. The first kappa shape index (κ1) is 14.5. The molecule has 1 atom stereocenters. The largest absolute Gasteiger partial charge is 0.331 e. The average Bonchev–Trinajstić information content (AvgIpc) is 2.82. The van der Waals surface area contributed by atoms with Crippen LogP contribution >= 0.6 is 0 Å². The summed E-state index contributed by atoms with van der Waals surface area (Å²) in [6.07, 6.45) is 0. The van der Waals surface area contributed by atoms with Crippen LogP contribution in [0, 0.1) is 0 Å². The number of carbonyl (C=O) groups excluding carboxylic acids is 2. The van der Waals surface area contributed by atoms with Crippen molar-refractivity contribution in [3.05, 3.63) is 17.5 Å². The molecule has 0 saturated heterocycles. The quantitative estimate of drug-likeness (QED) is 0.574. The first-order chi connectivity index (χ1) is 9.43. The van der Waals surface area contributed by atoms with Crippen LogP contribution in [0.2, 0.25) is 0 Å². The van der Waals surface area contributed by atoms with Crippen LogP contribution in [0.1, 0.15) is 29.1 Å². The van der Waals surface area contributed by atoms with Crippen molar-refractivity contribution in [2.75, 3.05) is 27.2 Å². The monoisotopic (exact) mass is 281 g/mol. The second-order valence-electron chi connectivity index (χ2n) is 5.12. The number of hydroxylamine groups is 1. The summed E-state index contributed by atoms with van der Waals surface area (Å²) in [5, 5.41) is 12.8. The Morgan fingerprint density at radius 3 is 2.80 bits per heavy atom. The van der Waals surface area contributed by atoms with Gasteiger partial charge in [-0.2, -0.15) is 5.10 Å². The van der Waals surface area contributed by atoms with Gasteiger partial charge in [0.1, 0.15) is 0 Å². The van der Waals surface area contributed by atoms with E-state index in [9.17, 15) is 9.59 Å². The average molecular weight is 281 g/mol. The van der Waals surface area contributed by atoms with E-state index in [1.807, 2.05) is 25.9 Å². The van der Waals surface area contributed by atoms with E-state index in [1.165, 1.54) is 0 Å². The standard InChI is InChI=1S/C12H19N5O3/c1-8-10-6-9(12(19)14-20)13-17(10)5-4-16(8)11(18)7-15(2)3/h6,8,20H,4-5,7H2,1-3H3,(H,14,19). The van der Waals surface area contributed by atoms with Crippen LogP contribution in [0.4, 0.5) is 0 Å². The third kappa shape index (κ3) is 2.66. The van der Waals surface area contributed by atoms with Gasteiger partial charge in [0.05, 0.1) is 24.8 Å². The van der Waals surface area contributed by atoms with E-state index in [-0.39, 0.29) is 17.6 Å². The second kappa shape index (κ2) is 5.59. The van der Waals surface area contributed by atoms with Crippen molar-refractivity contribution >= 4 is 11.8 Å². The van der Waals surface area contributed by atoms with Crippen LogP contribution in [-0.4, -0.2) is 63.8 Å². The van der Waals surface area contributed by atoms with E-state index in [0.717, 1.165) is 5.69 Å². The van der Waals surface area contributed by atoms with Crippen LogP contribution in [0.5, 0.6) is 0 Å². The number of amides is 2. The number of hydrogen-bond acceptors (Lipinski definition) is 5. The fraction of sp³-hybridized carbons (Fsp3) is 0.583. The van der Waals surface area contributed by atoms with Gasteiger partial charge in [-0.15, -0.1) is 0 Å². The molecule has 0 bridgehead atoms. The molecule has 2 heterocycles. The molecular weight excluding hydrogens is 262 g/mol. The Morgan fingerprint density at radius 2 is 2.20 bits per heavy atom. The topological polar surface area (TPSA) is 90.7 Å². The molecule has 0 spiro atoms. The minimum atomic E-state index is -0.648. The molecule has 110 valence electrons. The highest BCUT2D eigenvalue weighted by atomic mass is 16.5. The zero-order valence-corrected chi connectivity index (χ0v) is 11.8. The molecule has 0 aromatic carbocycles. The zero-order chi connectivity index (χ0) is 14.9. The highest BCUT2D eigenvalue weighted by Crippen LogP contribution is 2.25. The summed E-state index contributed by atoms with van der Waals surface area (Å²) in [4.78, 5) is 27.1. The summed E-state index contributed by atoms with van der Waals surface area (Å²) in [5.74, 6) is -0.603. The van der Waals surface area contributed by atoms with Gasteiger partial charge < -0.3 is 9.80 Å². The molecule has 1 aromatic rings. The number of carbonyl (C=O) groups is 2. The molecule has 8 heteroatoms. The highest BCUT2D eigenvalue weighted by Gasteiger charge is 2.30. The van der Waals surface area contributed by atoms with Crippen molar-refractivity contribution in [3.63, 3.8) is 0 Å². The van der Waals surface area contributed by atoms with Crippen molar-refractivity contribution in [1.82, 2.24) is 25.1 Å². The van der Waals surface area contributed by atoms with Gasteiger partial charge in [0.2, 0.25) is 5.91 Å². The zero-order valence-electron chi connectivity index (χ0n) is 11.8. The molecule has 0 saturated carbocycles. The highest BCUT2D eigenvalue weighted by molar-refractivity contribution is 5.91. The molecule has 0 fully saturated rings. The smallest absolute Gasteiger partial charge is 0.295 e. The summed E-state index contributed by atoms with van der Waals surface area (Å²) in [6.45, 7) is 3.35. The molecule has 2 amide bonds. The van der Waals surface area contributed by atoms with E-state index < -0.39 is 5.91 Å². The van der Waals surface area contributed by atoms with Gasteiger partial charge in [0, 0.05) is 6.54 Å². The first-order valence-electron chi connectivity index (χ1n) is 6.40. The molecule has 2 rings (SSSR count). The Bertz CT molecular complexity index is 525. The third-order valence-corrected chi connectivity index (χ3v) is 3.37. The summed E-state index contributed by atoms with van der Waals surface area (Å²) >= 11 is 0.